The molecule has 3 heterocycles. The molecule has 4 nitrogen and oxygen atoms in total. The van der Waals surface area contributed by atoms with Crippen LogP contribution < -0.4 is 4.90 Å². The van der Waals surface area contributed by atoms with Gasteiger partial charge in [0.2, 0.25) is 0 Å². The van der Waals surface area contributed by atoms with Gasteiger partial charge in [-0.15, -0.1) is 0 Å². The molecule has 4 rings (SSSR count). The molecule has 112 valence electrons. The maximum atomic E-state index is 10.4. The molecule has 0 bridgehead atoms. The van der Waals surface area contributed by atoms with Gasteiger partial charge in [0, 0.05) is 31.4 Å². The fourth-order valence-corrected chi connectivity index (χ4v) is 4.01. The lowest BCUT2D eigenvalue weighted by molar-refractivity contribution is 0.148. The zero-order chi connectivity index (χ0) is 14.9. The minimum Gasteiger partial charge on any atom is -0.391 e. The first kappa shape index (κ1) is 13.7. The van der Waals surface area contributed by atoms with Gasteiger partial charge in [0.15, 0.2) is 5.13 Å². The Morgan fingerprint density at radius 1 is 1.14 bits per heavy atom. The highest BCUT2D eigenvalue weighted by molar-refractivity contribution is 7.22. The molecule has 0 spiro atoms. The van der Waals surface area contributed by atoms with Gasteiger partial charge in [-0.1, -0.05) is 23.5 Å². The van der Waals surface area contributed by atoms with Gasteiger partial charge in [-0.05, 0) is 36.2 Å². The van der Waals surface area contributed by atoms with E-state index in [1.165, 1.54) is 10.3 Å². The normalized spacial score (nSPS) is 21.6. The molecule has 0 radical (unpaired) electrons. The number of thiazole rings is 1. The average molecular weight is 311 g/mol. The van der Waals surface area contributed by atoms with E-state index < -0.39 is 0 Å². The summed E-state index contributed by atoms with van der Waals surface area (Å²) in [6.45, 7) is 1.51. The minimum atomic E-state index is -0.305. The second-order valence-corrected chi connectivity index (χ2v) is 6.77. The lowest BCUT2D eigenvalue weighted by Crippen LogP contribution is -2.20. The molecule has 1 aromatic carbocycles. The Bertz CT molecular complexity index is 741. The van der Waals surface area contributed by atoms with Crippen molar-refractivity contribution in [3.8, 4) is 0 Å². The standard InChI is InChI=1S/C17H17N3OS/c21-15-11-20(10-13(15)9-12-5-7-18-8-6-12)17-19-14-3-1-2-4-16(14)22-17/h1-8,13,15,21H,9-11H2/t13-,15+/m1/s1. The SMILES string of the molecule is O[C@H]1CN(c2nc3ccccc3s2)C[C@H]1Cc1ccncc1. The fraction of sp³-hybridized carbons (Fsp3) is 0.294. The summed E-state index contributed by atoms with van der Waals surface area (Å²) in [4.78, 5) is 10.9. The summed E-state index contributed by atoms with van der Waals surface area (Å²) in [5, 5.41) is 11.4. The van der Waals surface area contributed by atoms with E-state index in [1.54, 1.807) is 11.3 Å². The lowest BCUT2D eigenvalue weighted by atomic mass is 9.97. The summed E-state index contributed by atoms with van der Waals surface area (Å²) in [5.41, 5.74) is 2.26. The maximum absolute atomic E-state index is 10.4. The molecule has 5 heteroatoms. The summed E-state index contributed by atoms with van der Waals surface area (Å²) in [6, 6.07) is 12.2. The number of aromatic nitrogens is 2. The van der Waals surface area contributed by atoms with Crippen LogP contribution in [0.25, 0.3) is 10.2 Å². The van der Waals surface area contributed by atoms with Gasteiger partial charge in [0.25, 0.3) is 0 Å². The zero-order valence-electron chi connectivity index (χ0n) is 12.1. The summed E-state index contributed by atoms with van der Waals surface area (Å²) in [5.74, 6) is 0.245. The molecule has 0 saturated carbocycles. The molecule has 1 saturated heterocycles. The van der Waals surface area contributed by atoms with Gasteiger partial charge in [0.1, 0.15) is 0 Å². The molecule has 2 aromatic heterocycles. The van der Waals surface area contributed by atoms with E-state index in [-0.39, 0.29) is 12.0 Å². The Labute approximate surface area is 133 Å². The lowest BCUT2D eigenvalue weighted by Gasteiger charge is -2.14. The van der Waals surface area contributed by atoms with Crippen molar-refractivity contribution in [1.82, 2.24) is 9.97 Å². The van der Waals surface area contributed by atoms with Crippen molar-refractivity contribution in [2.24, 2.45) is 5.92 Å². The van der Waals surface area contributed by atoms with E-state index in [9.17, 15) is 5.11 Å². The van der Waals surface area contributed by atoms with Crippen LogP contribution >= 0.6 is 11.3 Å². The Morgan fingerprint density at radius 2 is 1.95 bits per heavy atom. The third-order valence-electron chi connectivity index (χ3n) is 4.21. The molecule has 1 aliphatic heterocycles. The van der Waals surface area contributed by atoms with Crippen molar-refractivity contribution in [3.05, 3.63) is 54.4 Å². The fourth-order valence-electron chi connectivity index (χ4n) is 3.03. The first-order chi connectivity index (χ1) is 10.8. The summed E-state index contributed by atoms with van der Waals surface area (Å²) in [6.07, 6.45) is 4.19. The number of rotatable bonds is 3. The molecule has 1 aliphatic rings. The minimum absolute atomic E-state index is 0.245. The first-order valence-electron chi connectivity index (χ1n) is 7.47. The zero-order valence-corrected chi connectivity index (χ0v) is 12.9. The second kappa shape index (κ2) is 5.66. The molecule has 0 unspecified atom stereocenters. The third-order valence-corrected chi connectivity index (χ3v) is 5.30. The van der Waals surface area contributed by atoms with Crippen LogP contribution in [0.1, 0.15) is 5.56 Å². The molecule has 3 aromatic rings. The number of aliphatic hydroxyl groups excluding tert-OH is 1. The van der Waals surface area contributed by atoms with Crippen LogP contribution in [-0.2, 0) is 6.42 Å². The van der Waals surface area contributed by atoms with E-state index in [1.807, 2.05) is 42.7 Å². The topological polar surface area (TPSA) is 49.2 Å². The third kappa shape index (κ3) is 2.58. The van der Waals surface area contributed by atoms with E-state index in [0.29, 0.717) is 6.54 Å². The number of hydrogen-bond donors (Lipinski definition) is 1. The van der Waals surface area contributed by atoms with Gasteiger partial charge in [-0.2, -0.15) is 0 Å². The highest BCUT2D eigenvalue weighted by atomic mass is 32.1. The van der Waals surface area contributed by atoms with Crippen molar-refractivity contribution in [2.75, 3.05) is 18.0 Å². The molecule has 2 atom stereocenters. The average Bonchev–Trinajstić information content (AvgIpc) is 3.12. The van der Waals surface area contributed by atoms with Gasteiger partial charge >= 0.3 is 0 Å². The number of nitrogens with zero attached hydrogens (tertiary/aromatic N) is 3. The van der Waals surface area contributed by atoms with Gasteiger partial charge in [-0.3, -0.25) is 4.98 Å². The quantitative estimate of drug-likeness (QED) is 0.808. The van der Waals surface area contributed by atoms with E-state index >= 15 is 0 Å². The van der Waals surface area contributed by atoms with Crippen LogP contribution in [0.4, 0.5) is 5.13 Å². The number of para-hydroxylation sites is 1. The molecular weight excluding hydrogens is 294 g/mol. The summed E-state index contributed by atoms with van der Waals surface area (Å²) >= 11 is 1.70. The van der Waals surface area contributed by atoms with E-state index in [2.05, 4.69) is 16.0 Å². The van der Waals surface area contributed by atoms with Crippen LogP contribution in [0, 0.1) is 5.92 Å². The van der Waals surface area contributed by atoms with E-state index in [4.69, 9.17) is 4.98 Å². The molecule has 0 aliphatic carbocycles. The number of benzene rings is 1. The Kier molecular flexibility index (Phi) is 3.52. The predicted molar refractivity (Wildman–Crippen MR) is 89.3 cm³/mol. The Hall–Kier alpha value is -1.98. The monoisotopic (exact) mass is 311 g/mol. The number of hydrogen-bond acceptors (Lipinski definition) is 5. The van der Waals surface area contributed by atoms with Crippen LogP contribution in [0.2, 0.25) is 0 Å². The number of aliphatic hydroxyl groups is 1. The van der Waals surface area contributed by atoms with Crippen LogP contribution in [0.15, 0.2) is 48.8 Å². The molecule has 1 N–H and O–H groups in total. The number of pyridine rings is 1. The van der Waals surface area contributed by atoms with Crippen LogP contribution in [0.3, 0.4) is 0 Å². The van der Waals surface area contributed by atoms with Crippen molar-refractivity contribution in [2.45, 2.75) is 12.5 Å². The van der Waals surface area contributed by atoms with Crippen molar-refractivity contribution in [1.29, 1.82) is 0 Å². The largest absolute Gasteiger partial charge is 0.391 e. The summed E-state index contributed by atoms with van der Waals surface area (Å²) < 4.78 is 1.20. The predicted octanol–water partition coefficient (Wildman–Crippen LogP) is 2.73. The van der Waals surface area contributed by atoms with Crippen molar-refractivity contribution < 1.29 is 5.11 Å². The van der Waals surface area contributed by atoms with E-state index in [0.717, 1.165) is 23.6 Å². The van der Waals surface area contributed by atoms with Crippen LogP contribution in [-0.4, -0.2) is 34.3 Å². The summed E-state index contributed by atoms with van der Waals surface area (Å²) in [7, 11) is 0. The maximum Gasteiger partial charge on any atom is 0.186 e. The number of fused-ring (bicyclic) bond motifs is 1. The first-order valence-corrected chi connectivity index (χ1v) is 8.29. The molecule has 1 fully saturated rings. The van der Waals surface area contributed by atoms with Gasteiger partial charge in [-0.25, -0.2) is 4.98 Å². The number of β-amino-alcohol motifs (C(OH)–C–C–N with tert-alkyl or cyclic N) is 1. The van der Waals surface area contributed by atoms with Crippen molar-refractivity contribution in [3.63, 3.8) is 0 Å². The molecular formula is C17H17N3OS. The highest BCUT2D eigenvalue weighted by Gasteiger charge is 2.32. The van der Waals surface area contributed by atoms with Crippen LogP contribution in [0.5, 0.6) is 0 Å². The Morgan fingerprint density at radius 3 is 2.77 bits per heavy atom. The smallest absolute Gasteiger partial charge is 0.186 e. The molecule has 22 heavy (non-hydrogen) atoms. The second-order valence-electron chi connectivity index (χ2n) is 5.76. The highest BCUT2D eigenvalue weighted by Crippen LogP contribution is 2.32. The number of anilines is 1. The Balaban J connectivity index is 1.53. The van der Waals surface area contributed by atoms with Gasteiger partial charge < -0.3 is 10.0 Å². The van der Waals surface area contributed by atoms with Crippen molar-refractivity contribution >= 4 is 26.7 Å². The van der Waals surface area contributed by atoms with Gasteiger partial charge in [0.05, 0.1) is 16.3 Å². The molecule has 0 amide bonds.